The molecule has 694 valence electrons. The van der Waals surface area contributed by atoms with Crippen molar-refractivity contribution in [2.45, 2.75) is 178 Å². The van der Waals surface area contributed by atoms with Crippen LogP contribution in [0.5, 0.6) is 34.5 Å². The fraction of sp³-hybridized carbons (Fsp3) is 0.526. The second-order valence-corrected chi connectivity index (χ2v) is 33.9. The first-order chi connectivity index (χ1) is 64.6. The molecule has 0 unspecified atom stereocenters. The predicted molar refractivity (Wildman–Crippen MR) is 496 cm³/mol. The van der Waals surface area contributed by atoms with Crippen LogP contribution in [0.25, 0.3) is 44.1 Å². The monoisotopic (exact) mass is 1790 g/mol. The van der Waals surface area contributed by atoms with Crippen LogP contribution in [-0.4, -0.2) is 276 Å². The Morgan fingerprint density at radius 1 is 0.344 bits per heavy atom. The van der Waals surface area contributed by atoms with Crippen molar-refractivity contribution in [1.29, 1.82) is 0 Å². The van der Waals surface area contributed by atoms with E-state index in [1.165, 1.54) is 0 Å². The largest absolute Gasteiger partial charge is 0.494 e. The lowest BCUT2D eigenvalue weighted by molar-refractivity contribution is -0.0799. The molecule has 36 nitrogen and oxygen atoms in total. The van der Waals surface area contributed by atoms with Gasteiger partial charge in [-0.3, -0.25) is 19.9 Å². The Labute approximate surface area is 762 Å². The number of aromatic nitrogens is 14. The Hall–Kier alpha value is -12.1. The third-order valence-corrected chi connectivity index (χ3v) is 24.9. The quantitative estimate of drug-likeness (QED) is 0.0347. The number of hydrogen-bond donors (Lipinski definition) is 4. The van der Waals surface area contributed by atoms with E-state index >= 15 is 0 Å². The van der Waals surface area contributed by atoms with Gasteiger partial charge in [0, 0.05) is 192 Å². The van der Waals surface area contributed by atoms with Gasteiger partial charge in [-0.25, -0.2) is 54.6 Å². The van der Waals surface area contributed by atoms with Crippen molar-refractivity contribution < 1.29 is 66.4 Å². The Morgan fingerprint density at radius 2 is 0.649 bits per heavy atom. The lowest BCUT2D eigenvalue weighted by Gasteiger charge is -2.31. The molecule has 9 fully saturated rings. The Kier molecular flexibility index (Phi) is 32.0. The van der Waals surface area contributed by atoms with E-state index in [-0.39, 0.29) is 42.7 Å². The molecule has 4 N–H and O–H groups in total. The van der Waals surface area contributed by atoms with Crippen molar-refractivity contribution in [2.75, 3.05) is 181 Å². The van der Waals surface area contributed by atoms with E-state index in [2.05, 4.69) is 159 Å². The Bertz CT molecular complexity index is 5400. The van der Waals surface area contributed by atoms with Crippen LogP contribution in [0.2, 0.25) is 0 Å². The van der Waals surface area contributed by atoms with Gasteiger partial charge in [-0.05, 0) is 153 Å². The smallest absolute Gasteiger partial charge is 0.407 e. The van der Waals surface area contributed by atoms with Gasteiger partial charge in [0.05, 0.1) is 158 Å². The van der Waals surface area contributed by atoms with Crippen molar-refractivity contribution in [1.82, 2.24) is 75.1 Å². The first-order valence-electron chi connectivity index (χ1n) is 46.6. The second-order valence-electron chi connectivity index (χ2n) is 33.9. The topological polar surface area (TPSA) is 379 Å². The molecule has 0 bridgehead atoms. The van der Waals surface area contributed by atoms with E-state index in [0.717, 1.165) is 316 Å². The molecule has 0 spiro atoms. The molecule has 11 aromatic rings. The number of anilines is 7. The molecule has 131 heavy (non-hydrogen) atoms. The molecule has 5 saturated heterocycles. The summed E-state index contributed by atoms with van der Waals surface area (Å²) in [6.45, 7) is 19.7. The molecule has 9 aliphatic rings. The number of carbonyl (C=O) groups excluding carboxylic acids is 1. The molecule has 7 aromatic heterocycles. The zero-order valence-corrected chi connectivity index (χ0v) is 75.0. The third-order valence-electron chi connectivity index (χ3n) is 24.9. The average Bonchev–Trinajstić information content (AvgIpc) is 0.804. The standard InChI is InChI=1S/C26H34N6O3.C25H30N6O4.C23H28N6O3.C21H28N4O4/c1-2-33-12-7-19-17-29-26(30-18-19)31-20-3-5-22(6-4-20)35-24-16-21(32-10-13-34-14-11-32)15-23-25(24)28-9-8-27-23;1-3-19(4-2-17(1)30-25-28-13-20(14-29-25)34-21-15-33-16-21)35-23-12-18(31-7-9-32-10-8-31)11-22-24(23)27-6-5-26-22;1-30-19-14-26-23(27-15-19)28-16-2-4-18(5-3-16)32-21-13-17(29-8-10-31-11-9-29)12-20-22(21)25-7-6-24-20;1-2-28-21(26)24-15-3-5-17(6-4-15)29-19-14-16(25-9-11-27-12-10-25)13-18-20(19)23-8-7-22-18/h8-9,15-18,20,22H,2-7,10-14H2,1H3,(H,29,30,31);5-6,11-14,17,19,21H,1-4,7-10,15-16H2,(H,28,29,30);6-7,12-16,18H,2-5,8-11H2,1H3,(H,26,27,28);7-8,13-15,17H,2-6,9-12H2,1H3,(H,24,26). The highest BCUT2D eigenvalue weighted by molar-refractivity contribution is 5.88. The number of hydrogen-bond acceptors (Lipinski definition) is 35. The maximum atomic E-state index is 11.6. The molecule has 12 heterocycles. The number of carbonyl (C=O) groups is 1. The van der Waals surface area contributed by atoms with Gasteiger partial charge >= 0.3 is 6.09 Å². The lowest BCUT2D eigenvalue weighted by Crippen LogP contribution is -2.40. The molecule has 1 amide bonds. The number of nitrogens with one attached hydrogen (secondary N) is 4. The van der Waals surface area contributed by atoms with E-state index in [1.807, 2.05) is 26.2 Å². The van der Waals surface area contributed by atoms with Crippen molar-refractivity contribution >= 4 is 90.8 Å². The summed E-state index contributed by atoms with van der Waals surface area (Å²) in [5, 5.41) is 13.3. The second kappa shape index (κ2) is 46.1. The summed E-state index contributed by atoms with van der Waals surface area (Å²) in [5.74, 6) is 6.50. The van der Waals surface area contributed by atoms with E-state index in [9.17, 15) is 4.79 Å². The van der Waals surface area contributed by atoms with E-state index in [4.69, 9.17) is 61.6 Å². The van der Waals surface area contributed by atoms with Crippen LogP contribution in [0.1, 0.15) is 122 Å². The molecular formula is C95H120N22O14. The Morgan fingerprint density at radius 3 is 0.947 bits per heavy atom. The van der Waals surface area contributed by atoms with Crippen LogP contribution >= 0.6 is 0 Å². The summed E-state index contributed by atoms with van der Waals surface area (Å²) in [6.07, 6.45) is 40.7. The van der Waals surface area contributed by atoms with Crippen LogP contribution in [0.3, 0.4) is 0 Å². The van der Waals surface area contributed by atoms with Crippen LogP contribution in [0.15, 0.2) is 135 Å². The normalized spacial score (nSPS) is 21.8. The summed E-state index contributed by atoms with van der Waals surface area (Å²) in [7, 11) is 1.61. The zero-order chi connectivity index (χ0) is 89.1. The van der Waals surface area contributed by atoms with Crippen LogP contribution in [-0.2, 0) is 39.6 Å². The number of fused-ring (bicyclic) bond motifs is 4. The zero-order valence-electron chi connectivity index (χ0n) is 75.0. The summed E-state index contributed by atoms with van der Waals surface area (Å²) < 4.78 is 74.3. The molecular weight excluding hydrogens is 1670 g/mol. The van der Waals surface area contributed by atoms with Crippen molar-refractivity contribution in [3.05, 3.63) is 141 Å². The van der Waals surface area contributed by atoms with Gasteiger partial charge in [0.25, 0.3) is 0 Å². The summed E-state index contributed by atoms with van der Waals surface area (Å²) in [5.41, 5.74) is 12.2. The number of rotatable bonds is 27. The highest BCUT2D eigenvalue weighted by Gasteiger charge is 2.32. The van der Waals surface area contributed by atoms with Gasteiger partial charge in [-0.1, -0.05) is 0 Å². The van der Waals surface area contributed by atoms with Gasteiger partial charge in [0.2, 0.25) is 17.8 Å². The molecule has 5 aliphatic heterocycles. The minimum atomic E-state index is -0.337. The van der Waals surface area contributed by atoms with Gasteiger partial charge in [-0.15, -0.1) is 0 Å². The number of amides is 1. The van der Waals surface area contributed by atoms with Crippen LogP contribution in [0.4, 0.5) is 45.4 Å². The Balaban J connectivity index is 0.000000123. The van der Waals surface area contributed by atoms with Gasteiger partial charge in [-0.2, -0.15) is 0 Å². The number of alkyl carbamates (subject to hydrolysis) is 1. The minimum absolute atomic E-state index is 0.0976. The van der Waals surface area contributed by atoms with Crippen LogP contribution < -0.4 is 69.3 Å². The molecule has 0 radical (unpaired) electrons. The van der Waals surface area contributed by atoms with E-state index in [0.29, 0.717) is 73.9 Å². The molecule has 20 rings (SSSR count). The third kappa shape index (κ3) is 25.4. The first-order valence-corrected chi connectivity index (χ1v) is 46.6. The fourth-order valence-electron chi connectivity index (χ4n) is 17.7. The summed E-state index contributed by atoms with van der Waals surface area (Å²) >= 11 is 0. The lowest BCUT2D eigenvalue weighted by atomic mass is 9.93. The molecule has 4 saturated carbocycles. The van der Waals surface area contributed by atoms with Gasteiger partial charge in [0.15, 0.2) is 11.5 Å². The van der Waals surface area contributed by atoms with Gasteiger partial charge in [0.1, 0.15) is 51.2 Å². The molecule has 0 atom stereocenters. The fourth-order valence-corrected chi connectivity index (χ4v) is 17.7. The summed E-state index contributed by atoms with van der Waals surface area (Å²) in [4.78, 5) is 83.6. The number of ether oxygens (including phenoxy) is 13. The molecule has 4 aliphatic carbocycles. The minimum Gasteiger partial charge on any atom is -0.494 e. The molecule has 4 aromatic carbocycles. The van der Waals surface area contributed by atoms with Crippen molar-refractivity contribution in [2.24, 2.45) is 0 Å². The van der Waals surface area contributed by atoms with Gasteiger partial charge < -0.3 is 102 Å². The number of benzene rings is 4. The predicted octanol–water partition coefficient (Wildman–Crippen LogP) is 12.4. The summed E-state index contributed by atoms with van der Waals surface area (Å²) in [6, 6.07) is 17.9. The highest BCUT2D eigenvalue weighted by Crippen LogP contribution is 2.40. The van der Waals surface area contributed by atoms with Crippen molar-refractivity contribution in [3.8, 4) is 34.5 Å². The van der Waals surface area contributed by atoms with Crippen LogP contribution in [0, 0.1) is 0 Å². The van der Waals surface area contributed by atoms with E-state index < -0.39 is 0 Å². The SMILES string of the molecule is CCOC(=O)NC1CCC(Oc2cc(N3CCOCC3)cc3nccnc23)CC1.CCOCCc1cnc(NC2CCC(Oc3cc(N4CCOCC4)cc4nccnc34)CC2)nc1.COc1cnc(NC2CCC(Oc3cc(N4CCOCC4)cc4nccnc34)CC2)nc1.c1cnc2c(OC3CCC(Nc4ncc(OC5COC5)cn4)CC3)cc(N3CCOCC3)cc2n1. The number of methoxy groups -OCH3 is 1. The first kappa shape index (κ1) is 90.8. The average molecular weight is 1790 g/mol. The molecule has 36 heteroatoms. The highest BCUT2D eigenvalue weighted by atomic mass is 16.6. The van der Waals surface area contributed by atoms with Crippen molar-refractivity contribution in [3.63, 3.8) is 0 Å². The van der Waals surface area contributed by atoms with E-state index in [1.54, 1.807) is 81.5 Å². The number of morpholine rings is 4. The maximum absolute atomic E-state index is 11.6. The number of nitrogens with zero attached hydrogens (tertiary/aromatic N) is 18. The maximum Gasteiger partial charge on any atom is 0.407 e.